The summed E-state index contributed by atoms with van der Waals surface area (Å²) in [5.41, 5.74) is 1.67. The topological polar surface area (TPSA) is 69.8 Å². The molecule has 2 rings (SSSR count). The number of H-pyrrole nitrogens is 1. The Bertz CT molecular complexity index is 379. The van der Waals surface area contributed by atoms with Crippen LogP contribution >= 0.6 is 0 Å². The van der Waals surface area contributed by atoms with Gasteiger partial charge in [-0.15, -0.1) is 0 Å². The average molecular weight is 222 g/mol. The molecule has 3 N–H and O–H groups in total. The summed E-state index contributed by atoms with van der Waals surface area (Å²) in [4.78, 5) is 11.7. The van der Waals surface area contributed by atoms with Crippen LogP contribution in [-0.2, 0) is 5.41 Å². The maximum atomic E-state index is 11.7. The third kappa shape index (κ3) is 1.82. The molecule has 1 fully saturated rings. The van der Waals surface area contributed by atoms with Gasteiger partial charge in [0.2, 0.25) is 0 Å². The zero-order chi connectivity index (χ0) is 11.6. The number of rotatable bonds is 2. The summed E-state index contributed by atoms with van der Waals surface area (Å²) in [6, 6.07) is 0. The minimum absolute atomic E-state index is 0.0313. The van der Waals surface area contributed by atoms with Crippen LogP contribution in [0.4, 0.5) is 0 Å². The monoisotopic (exact) mass is 222 g/mol. The zero-order valence-corrected chi connectivity index (χ0v) is 9.76. The van der Waals surface area contributed by atoms with Crippen molar-refractivity contribution in [3.63, 3.8) is 0 Å². The highest BCUT2D eigenvalue weighted by Gasteiger charge is 2.33. The molecular formula is C11H18N4O. The molecule has 5 nitrogen and oxygen atoms in total. The van der Waals surface area contributed by atoms with Crippen molar-refractivity contribution in [2.75, 3.05) is 20.1 Å². The van der Waals surface area contributed by atoms with E-state index in [1.165, 1.54) is 0 Å². The molecule has 0 spiro atoms. The first-order valence-corrected chi connectivity index (χ1v) is 5.64. The smallest absolute Gasteiger partial charge is 0.254 e. The molecule has 1 amide bonds. The predicted octanol–water partition coefficient (Wildman–Crippen LogP) is 0.410. The number of aromatic nitrogens is 2. The van der Waals surface area contributed by atoms with E-state index in [4.69, 9.17) is 0 Å². The van der Waals surface area contributed by atoms with Gasteiger partial charge in [0, 0.05) is 12.5 Å². The summed E-state index contributed by atoms with van der Waals surface area (Å²) in [7, 11) is 1.64. The van der Waals surface area contributed by atoms with Crippen LogP contribution in [0.2, 0.25) is 0 Å². The van der Waals surface area contributed by atoms with Gasteiger partial charge in [-0.2, -0.15) is 5.10 Å². The van der Waals surface area contributed by atoms with Crippen LogP contribution in [0.1, 0.15) is 35.8 Å². The first-order chi connectivity index (χ1) is 7.67. The number of piperidine rings is 1. The van der Waals surface area contributed by atoms with Crippen molar-refractivity contribution in [2.45, 2.75) is 25.2 Å². The Morgan fingerprint density at radius 3 is 2.81 bits per heavy atom. The summed E-state index contributed by atoms with van der Waals surface area (Å²) >= 11 is 0. The molecule has 0 bridgehead atoms. The molecule has 0 radical (unpaired) electrons. The SMILES string of the molecule is CNC(=O)c1cn[nH]c1C1(C)CCNCC1. The second-order valence-electron chi connectivity index (χ2n) is 4.55. The van der Waals surface area contributed by atoms with Gasteiger partial charge in [0.05, 0.1) is 17.5 Å². The molecular weight excluding hydrogens is 204 g/mol. The first kappa shape index (κ1) is 11.1. The Morgan fingerprint density at radius 1 is 1.50 bits per heavy atom. The molecule has 1 aromatic heterocycles. The van der Waals surface area contributed by atoms with E-state index < -0.39 is 0 Å². The highest BCUT2D eigenvalue weighted by molar-refractivity contribution is 5.95. The van der Waals surface area contributed by atoms with Crippen LogP contribution in [0.15, 0.2) is 6.20 Å². The van der Waals surface area contributed by atoms with Gasteiger partial charge in [0.15, 0.2) is 0 Å². The van der Waals surface area contributed by atoms with E-state index >= 15 is 0 Å². The van der Waals surface area contributed by atoms with Crippen molar-refractivity contribution in [3.8, 4) is 0 Å². The summed E-state index contributed by atoms with van der Waals surface area (Å²) < 4.78 is 0. The molecule has 88 valence electrons. The van der Waals surface area contributed by atoms with Crippen LogP contribution in [0, 0.1) is 0 Å². The Balaban J connectivity index is 2.32. The summed E-state index contributed by atoms with van der Waals surface area (Å²) in [6.07, 6.45) is 3.67. The maximum absolute atomic E-state index is 11.7. The second kappa shape index (κ2) is 4.25. The molecule has 16 heavy (non-hydrogen) atoms. The molecule has 0 aliphatic carbocycles. The van der Waals surface area contributed by atoms with E-state index in [2.05, 4.69) is 27.8 Å². The lowest BCUT2D eigenvalue weighted by atomic mass is 9.76. The van der Waals surface area contributed by atoms with Crippen molar-refractivity contribution in [2.24, 2.45) is 0 Å². The van der Waals surface area contributed by atoms with E-state index in [0.717, 1.165) is 31.6 Å². The van der Waals surface area contributed by atoms with Gasteiger partial charge in [0.1, 0.15) is 0 Å². The van der Waals surface area contributed by atoms with Crippen molar-refractivity contribution in [1.29, 1.82) is 0 Å². The largest absolute Gasteiger partial charge is 0.355 e. The van der Waals surface area contributed by atoms with Crippen molar-refractivity contribution in [1.82, 2.24) is 20.8 Å². The van der Waals surface area contributed by atoms with E-state index in [0.29, 0.717) is 5.56 Å². The lowest BCUT2D eigenvalue weighted by molar-refractivity contribution is 0.0960. The number of carbonyl (C=O) groups is 1. The average Bonchev–Trinajstić information content (AvgIpc) is 2.78. The van der Waals surface area contributed by atoms with Gasteiger partial charge in [-0.05, 0) is 25.9 Å². The molecule has 1 aliphatic rings. The lowest BCUT2D eigenvalue weighted by Gasteiger charge is -2.33. The number of hydrogen-bond acceptors (Lipinski definition) is 3. The van der Waals surface area contributed by atoms with Crippen molar-refractivity contribution >= 4 is 5.91 Å². The maximum Gasteiger partial charge on any atom is 0.254 e. The van der Waals surface area contributed by atoms with Crippen molar-refractivity contribution < 1.29 is 4.79 Å². The fourth-order valence-corrected chi connectivity index (χ4v) is 2.28. The minimum atomic E-state index is -0.0662. The predicted molar refractivity (Wildman–Crippen MR) is 61.4 cm³/mol. The normalized spacial score (nSPS) is 19.4. The quantitative estimate of drug-likeness (QED) is 0.679. The lowest BCUT2D eigenvalue weighted by Crippen LogP contribution is -2.39. The van der Waals surface area contributed by atoms with Crippen LogP contribution in [0.5, 0.6) is 0 Å². The Kier molecular flexibility index (Phi) is 2.96. The van der Waals surface area contributed by atoms with E-state index in [1.54, 1.807) is 13.2 Å². The number of hydrogen-bond donors (Lipinski definition) is 3. The third-order valence-electron chi connectivity index (χ3n) is 3.42. The molecule has 0 atom stereocenters. The minimum Gasteiger partial charge on any atom is -0.355 e. The van der Waals surface area contributed by atoms with Gasteiger partial charge in [-0.1, -0.05) is 6.92 Å². The summed E-state index contributed by atoms with van der Waals surface area (Å²) in [5, 5.41) is 13.0. The Morgan fingerprint density at radius 2 is 2.19 bits per heavy atom. The highest BCUT2D eigenvalue weighted by atomic mass is 16.1. The fourth-order valence-electron chi connectivity index (χ4n) is 2.28. The number of nitrogens with one attached hydrogen (secondary N) is 3. The van der Waals surface area contributed by atoms with Crippen LogP contribution in [-0.4, -0.2) is 36.2 Å². The van der Waals surface area contributed by atoms with Crippen molar-refractivity contribution in [3.05, 3.63) is 17.5 Å². The molecule has 1 saturated heterocycles. The fraction of sp³-hybridized carbons (Fsp3) is 0.636. The molecule has 1 aliphatic heterocycles. The van der Waals surface area contributed by atoms with Gasteiger partial charge in [-0.3, -0.25) is 9.89 Å². The first-order valence-electron chi connectivity index (χ1n) is 5.64. The van der Waals surface area contributed by atoms with E-state index in [9.17, 15) is 4.79 Å². The number of amides is 1. The van der Waals surface area contributed by atoms with Crippen LogP contribution in [0.25, 0.3) is 0 Å². The van der Waals surface area contributed by atoms with E-state index in [1.807, 2.05) is 0 Å². The Hall–Kier alpha value is -1.36. The van der Waals surface area contributed by atoms with Crippen LogP contribution in [0.3, 0.4) is 0 Å². The summed E-state index contributed by atoms with van der Waals surface area (Å²) in [5.74, 6) is -0.0662. The number of aromatic amines is 1. The molecule has 0 saturated carbocycles. The van der Waals surface area contributed by atoms with Gasteiger partial charge in [0.25, 0.3) is 5.91 Å². The van der Waals surface area contributed by atoms with Gasteiger partial charge < -0.3 is 10.6 Å². The number of carbonyl (C=O) groups excluding carboxylic acids is 1. The van der Waals surface area contributed by atoms with E-state index in [-0.39, 0.29) is 11.3 Å². The third-order valence-corrected chi connectivity index (χ3v) is 3.42. The molecule has 1 aromatic rings. The molecule has 0 aromatic carbocycles. The highest BCUT2D eigenvalue weighted by Crippen LogP contribution is 2.33. The Labute approximate surface area is 95.0 Å². The molecule has 0 unspecified atom stereocenters. The standard InChI is InChI=1S/C11H18N4O/c1-11(3-5-13-6-4-11)9-8(7-14-15-9)10(16)12-2/h7,13H,3-6H2,1-2H3,(H,12,16)(H,14,15). The molecule has 2 heterocycles. The van der Waals surface area contributed by atoms with Crippen LogP contribution < -0.4 is 10.6 Å². The van der Waals surface area contributed by atoms with Gasteiger partial charge >= 0.3 is 0 Å². The summed E-state index contributed by atoms with van der Waals surface area (Å²) in [6.45, 7) is 4.17. The second-order valence-corrected chi connectivity index (χ2v) is 4.55. The molecule has 5 heteroatoms. The number of nitrogens with zero attached hydrogens (tertiary/aromatic N) is 1. The van der Waals surface area contributed by atoms with Gasteiger partial charge in [-0.25, -0.2) is 0 Å². The zero-order valence-electron chi connectivity index (χ0n) is 9.76.